The third-order valence-electron chi connectivity index (χ3n) is 11.0. The zero-order chi connectivity index (χ0) is 37.0. The number of aromatic nitrogens is 4. The van der Waals surface area contributed by atoms with Crippen LogP contribution in [0.1, 0.15) is 0 Å². The fraction of sp³-hybridized carbons (Fsp3) is 0. The van der Waals surface area contributed by atoms with Gasteiger partial charge in [0.05, 0.1) is 27.8 Å². The van der Waals surface area contributed by atoms with Crippen molar-refractivity contribution in [3.63, 3.8) is 0 Å². The lowest BCUT2D eigenvalue weighted by molar-refractivity contribution is 1.05. The second-order valence-electron chi connectivity index (χ2n) is 14.2. The van der Waals surface area contributed by atoms with Crippen molar-refractivity contribution in [1.29, 1.82) is 0 Å². The van der Waals surface area contributed by atoms with Gasteiger partial charge < -0.3 is 4.57 Å². The maximum Gasteiger partial charge on any atom is 0.162 e. The third kappa shape index (κ3) is 5.31. The molecule has 0 radical (unpaired) electrons. The van der Waals surface area contributed by atoms with E-state index < -0.39 is 0 Å². The lowest BCUT2D eigenvalue weighted by atomic mass is 9.99. The zero-order valence-electron chi connectivity index (χ0n) is 30.4. The van der Waals surface area contributed by atoms with Gasteiger partial charge >= 0.3 is 0 Å². The molecule has 11 aromatic rings. The van der Waals surface area contributed by atoms with Crippen molar-refractivity contribution in [2.24, 2.45) is 0 Å². The standard InChI is InChI=1S/C52H34N4/c1-4-14-35(15-5-1)36-24-26-37(27-25-36)38-28-30-40(31-29-38)52-53-46(39-16-6-2-7-17-39)34-51(54-52)56-48-23-13-11-21-43(48)45-32-49-44(33-50(45)56)42-20-10-12-22-47(42)55(49)41-18-8-3-9-19-41/h1-34H. The number of benzene rings is 8. The normalized spacial score (nSPS) is 11.6. The molecule has 0 bridgehead atoms. The Kier molecular flexibility index (Phi) is 7.46. The number of rotatable bonds is 6. The van der Waals surface area contributed by atoms with E-state index >= 15 is 0 Å². The van der Waals surface area contributed by atoms with Crippen LogP contribution >= 0.6 is 0 Å². The highest BCUT2D eigenvalue weighted by atomic mass is 15.1. The molecule has 4 nitrogen and oxygen atoms in total. The minimum absolute atomic E-state index is 0.681. The van der Waals surface area contributed by atoms with Crippen LogP contribution in [-0.2, 0) is 0 Å². The Hall–Kier alpha value is -7.56. The molecule has 3 heterocycles. The zero-order valence-corrected chi connectivity index (χ0v) is 30.4. The Morgan fingerprint density at radius 2 is 0.714 bits per heavy atom. The van der Waals surface area contributed by atoms with E-state index in [1.54, 1.807) is 0 Å². The van der Waals surface area contributed by atoms with Crippen molar-refractivity contribution in [1.82, 2.24) is 19.1 Å². The summed E-state index contributed by atoms with van der Waals surface area (Å²) in [5.74, 6) is 1.51. The Balaban J connectivity index is 1.09. The molecule has 0 aliphatic heterocycles. The molecule has 0 aliphatic rings. The van der Waals surface area contributed by atoms with Crippen LogP contribution in [-0.4, -0.2) is 19.1 Å². The molecule has 0 unspecified atom stereocenters. The summed E-state index contributed by atoms with van der Waals surface area (Å²) in [5.41, 5.74) is 13.3. The van der Waals surface area contributed by atoms with Gasteiger partial charge in [-0.1, -0.05) is 164 Å². The minimum atomic E-state index is 0.681. The summed E-state index contributed by atoms with van der Waals surface area (Å²) in [6.07, 6.45) is 0. The van der Waals surface area contributed by atoms with Crippen molar-refractivity contribution >= 4 is 43.6 Å². The van der Waals surface area contributed by atoms with Gasteiger partial charge in [-0.3, -0.25) is 4.57 Å². The number of para-hydroxylation sites is 3. The topological polar surface area (TPSA) is 35.6 Å². The first-order valence-electron chi connectivity index (χ1n) is 19.0. The van der Waals surface area contributed by atoms with E-state index in [-0.39, 0.29) is 0 Å². The molecular weight excluding hydrogens is 681 g/mol. The molecule has 0 aliphatic carbocycles. The van der Waals surface area contributed by atoms with Crippen molar-refractivity contribution in [3.05, 3.63) is 206 Å². The third-order valence-corrected chi connectivity index (χ3v) is 11.0. The Morgan fingerprint density at radius 1 is 0.286 bits per heavy atom. The molecule has 0 spiro atoms. The predicted octanol–water partition coefficient (Wildman–Crippen LogP) is 13.3. The first-order chi connectivity index (χ1) is 27.8. The summed E-state index contributed by atoms with van der Waals surface area (Å²) in [6.45, 7) is 0. The summed E-state index contributed by atoms with van der Waals surface area (Å²) in [4.78, 5) is 10.6. The van der Waals surface area contributed by atoms with Crippen molar-refractivity contribution in [2.75, 3.05) is 0 Å². The van der Waals surface area contributed by atoms with Gasteiger partial charge in [0.2, 0.25) is 0 Å². The van der Waals surface area contributed by atoms with E-state index in [9.17, 15) is 0 Å². The van der Waals surface area contributed by atoms with Gasteiger partial charge in [0, 0.05) is 44.4 Å². The van der Waals surface area contributed by atoms with Crippen LogP contribution in [0, 0.1) is 0 Å². The molecule has 0 amide bonds. The van der Waals surface area contributed by atoms with Crippen molar-refractivity contribution in [3.8, 4) is 56.4 Å². The summed E-state index contributed by atoms with van der Waals surface area (Å²) < 4.78 is 4.70. The van der Waals surface area contributed by atoms with Gasteiger partial charge in [0.25, 0.3) is 0 Å². The average molecular weight is 715 g/mol. The highest BCUT2D eigenvalue weighted by molar-refractivity contribution is 6.19. The van der Waals surface area contributed by atoms with Gasteiger partial charge in [-0.15, -0.1) is 0 Å². The van der Waals surface area contributed by atoms with Crippen molar-refractivity contribution < 1.29 is 0 Å². The van der Waals surface area contributed by atoms with E-state index in [2.05, 4.69) is 209 Å². The molecule has 3 aromatic heterocycles. The number of hydrogen-bond donors (Lipinski definition) is 0. The molecular formula is C52H34N4. The molecule has 0 fully saturated rings. The SMILES string of the molecule is c1ccc(-c2ccc(-c3ccc(-c4nc(-c5ccccc5)cc(-n5c6ccccc6c6cc7c(cc65)c5ccccc5n7-c5ccccc5)n4)cc3)cc2)cc1. The van der Waals surface area contributed by atoms with Gasteiger partial charge in [-0.05, 0) is 58.7 Å². The molecule has 8 aromatic carbocycles. The summed E-state index contributed by atoms with van der Waals surface area (Å²) in [6, 6.07) is 73.1. The molecule has 0 N–H and O–H groups in total. The maximum atomic E-state index is 5.36. The van der Waals surface area contributed by atoms with Crippen LogP contribution in [0.3, 0.4) is 0 Å². The average Bonchev–Trinajstić information content (AvgIpc) is 3.78. The molecule has 4 heteroatoms. The Bertz CT molecular complexity index is 3200. The van der Waals surface area contributed by atoms with Crippen LogP contribution in [0.4, 0.5) is 0 Å². The summed E-state index contributed by atoms with van der Waals surface area (Å²) in [7, 11) is 0. The van der Waals surface area contributed by atoms with Gasteiger partial charge in [0.1, 0.15) is 5.82 Å². The van der Waals surface area contributed by atoms with Crippen LogP contribution in [0.15, 0.2) is 206 Å². The number of hydrogen-bond acceptors (Lipinski definition) is 2. The monoisotopic (exact) mass is 714 g/mol. The fourth-order valence-electron chi connectivity index (χ4n) is 8.26. The first kappa shape index (κ1) is 31.9. The molecule has 11 rings (SSSR count). The maximum absolute atomic E-state index is 5.36. The van der Waals surface area contributed by atoms with E-state index in [1.165, 1.54) is 49.3 Å². The largest absolute Gasteiger partial charge is 0.309 e. The fourth-order valence-corrected chi connectivity index (χ4v) is 8.26. The van der Waals surface area contributed by atoms with Crippen LogP contribution < -0.4 is 0 Å². The molecule has 0 saturated carbocycles. The van der Waals surface area contributed by atoms with E-state index in [0.717, 1.165) is 44.9 Å². The van der Waals surface area contributed by atoms with Crippen LogP contribution in [0.25, 0.3) is 100 Å². The Morgan fingerprint density at radius 3 is 1.29 bits per heavy atom. The lowest BCUT2D eigenvalue weighted by Crippen LogP contribution is -2.02. The van der Waals surface area contributed by atoms with Gasteiger partial charge in [0.15, 0.2) is 5.82 Å². The smallest absolute Gasteiger partial charge is 0.162 e. The number of fused-ring (bicyclic) bond motifs is 6. The lowest BCUT2D eigenvalue weighted by Gasteiger charge is -2.13. The second-order valence-corrected chi connectivity index (χ2v) is 14.2. The van der Waals surface area contributed by atoms with E-state index in [0.29, 0.717) is 5.82 Å². The summed E-state index contributed by atoms with van der Waals surface area (Å²) in [5, 5.41) is 4.77. The quantitative estimate of drug-likeness (QED) is 0.172. The second kappa shape index (κ2) is 13.1. The van der Waals surface area contributed by atoms with Gasteiger partial charge in [-0.2, -0.15) is 0 Å². The highest BCUT2D eigenvalue weighted by Gasteiger charge is 2.20. The molecule has 0 saturated heterocycles. The number of nitrogens with zero attached hydrogens (tertiary/aromatic N) is 4. The molecule has 56 heavy (non-hydrogen) atoms. The first-order valence-corrected chi connectivity index (χ1v) is 19.0. The van der Waals surface area contributed by atoms with Gasteiger partial charge in [-0.25, -0.2) is 9.97 Å². The van der Waals surface area contributed by atoms with E-state index in [1.807, 2.05) is 6.07 Å². The highest BCUT2D eigenvalue weighted by Crippen LogP contribution is 2.40. The predicted molar refractivity (Wildman–Crippen MR) is 232 cm³/mol. The van der Waals surface area contributed by atoms with Crippen LogP contribution in [0.2, 0.25) is 0 Å². The minimum Gasteiger partial charge on any atom is -0.309 e. The van der Waals surface area contributed by atoms with Crippen LogP contribution in [0.5, 0.6) is 0 Å². The Labute approximate surface area is 324 Å². The molecule has 262 valence electrons. The van der Waals surface area contributed by atoms with Crippen molar-refractivity contribution in [2.45, 2.75) is 0 Å². The summed E-state index contributed by atoms with van der Waals surface area (Å²) >= 11 is 0. The molecule has 0 atom stereocenters. The van der Waals surface area contributed by atoms with E-state index in [4.69, 9.17) is 9.97 Å².